The Morgan fingerprint density at radius 1 is 0.925 bits per heavy atom. The zero-order chi connectivity index (χ0) is 27.7. The minimum atomic E-state index is -0.954. The molecule has 5 rings (SSSR count). The molecule has 11 nitrogen and oxygen atoms in total. The highest BCUT2D eigenvalue weighted by Crippen LogP contribution is 2.30. The quantitative estimate of drug-likeness (QED) is 0.360. The molecule has 40 heavy (non-hydrogen) atoms. The van der Waals surface area contributed by atoms with E-state index in [1.165, 1.54) is 0 Å². The van der Waals surface area contributed by atoms with E-state index in [0.29, 0.717) is 31.3 Å². The standard InChI is InChI=1S/C29H36N6O5/c1-2-38-23-10-3-4-11-24(23)40-22-9-7-15-35(19-22)28-17-30-16-26(33-28)31-25-12-5-13-27(32-25)34-14-6-8-21(18-34)39-20-29(36)37/h3-5,10-13,16-17,21-22H,2,6-9,14-15,18-20H2,1H3,(H,36,37)(H,31,32,33)/t21-,22+/m0/s1. The lowest BCUT2D eigenvalue weighted by Crippen LogP contribution is -2.41. The van der Waals surface area contributed by atoms with E-state index < -0.39 is 5.97 Å². The molecule has 0 spiro atoms. The van der Waals surface area contributed by atoms with Crippen molar-refractivity contribution in [2.24, 2.45) is 0 Å². The fourth-order valence-corrected chi connectivity index (χ4v) is 5.08. The smallest absolute Gasteiger partial charge is 0.329 e. The first kappa shape index (κ1) is 27.4. The van der Waals surface area contributed by atoms with Gasteiger partial charge in [0.05, 0.1) is 31.6 Å². The van der Waals surface area contributed by atoms with Crippen molar-refractivity contribution in [2.45, 2.75) is 44.8 Å². The maximum Gasteiger partial charge on any atom is 0.329 e. The zero-order valence-corrected chi connectivity index (χ0v) is 22.7. The molecule has 0 radical (unpaired) electrons. The van der Waals surface area contributed by atoms with Gasteiger partial charge in [-0.05, 0) is 56.9 Å². The Morgan fingerprint density at radius 3 is 2.45 bits per heavy atom. The second kappa shape index (κ2) is 13.3. The van der Waals surface area contributed by atoms with E-state index in [1.54, 1.807) is 12.4 Å². The molecule has 2 atom stereocenters. The van der Waals surface area contributed by atoms with Crippen LogP contribution in [0, 0.1) is 0 Å². The Balaban J connectivity index is 1.22. The van der Waals surface area contributed by atoms with Crippen LogP contribution < -0.4 is 24.6 Å². The number of para-hydroxylation sites is 2. The number of carbonyl (C=O) groups is 1. The van der Waals surface area contributed by atoms with Crippen LogP contribution in [0.15, 0.2) is 54.9 Å². The normalized spacial score (nSPS) is 19.2. The summed E-state index contributed by atoms with van der Waals surface area (Å²) in [5, 5.41) is 12.2. The molecule has 11 heteroatoms. The van der Waals surface area contributed by atoms with E-state index in [2.05, 4.69) is 20.1 Å². The number of rotatable bonds is 11. The molecular formula is C29H36N6O5. The summed E-state index contributed by atoms with van der Waals surface area (Å²) in [4.78, 5) is 29.2. The molecule has 0 aliphatic carbocycles. The largest absolute Gasteiger partial charge is 0.490 e. The van der Waals surface area contributed by atoms with Gasteiger partial charge in [0.1, 0.15) is 30.2 Å². The number of aliphatic carboxylic acids is 1. The fourth-order valence-electron chi connectivity index (χ4n) is 5.08. The monoisotopic (exact) mass is 548 g/mol. The molecule has 4 heterocycles. The summed E-state index contributed by atoms with van der Waals surface area (Å²) in [5.74, 6) is 3.42. The molecule has 2 aliphatic heterocycles. The molecule has 2 saturated heterocycles. The van der Waals surface area contributed by atoms with Crippen LogP contribution in [0.2, 0.25) is 0 Å². The number of hydrogen-bond donors (Lipinski definition) is 2. The highest BCUT2D eigenvalue weighted by molar-refractivity contribution is 5.68. The molecule has 1 aromatic carbocycles. The third-order valence-corrected chi connectivity index (χ3v) is 6.90. The maximum absolute atomic E-state index is 10.9. The number of piperidine rings is 2. The van der Waals surface area contributed by atoms with Crippen LogP contribution >= 0.6 is 0 Å². The van der Waals surface area contributed by atoms with E-state index in [9.17, 15) is 4.79 Å². The Kier molecular flexibility index (Phi) is 9.12. The van der Waals surface area contributed by atoms with E-state index in [-0.39, 0.29) is 18.8 Å². The Hall–Kier alpha value is -4.12. The second-order valence-corrected chi connectivity index (χ2v) is 9.89. The predicted octanol–water partition coefficient (Wildman–Crippen LogP) is 4.13. The number of anilines is 4. The summed E-state index contributed by atoms with van der Waals surface area (Å²) in [6, 6.07) is 13.6. The molecule has 0 unspecified atom stereocenters. The lowest BCUT2D eigenvalue weighted by molar-refractivity contribution is -0.144. The van der Waals surface area contributed by atoms with Gasteiger partial charge in [0.15, 0.2) is 17.3 Å². The van der Waals surface area contributed by atoms with Crippen LogP contribution in [0.4, 0.5) is 23.3 Å². The average Bonchev–Trinajstić information content (AvgIpc) is 2.98. The van der Waals surface area contributed by atoms with Gasteiger partial charge in [-0.3, -0.25) is 4.98 Å². The molecular weight excluding hydrogens is 512 g/mol. The van der Waals surface area contributed by atoms with Crippen molar-refractivity contribution < 1.29 is 24.1 Å². The maximum atomic E-state index is 10.9. The van der Waals surface area contributed by atoms with Crippen molar-refractivity contribution in [3.05, 3.63) is 54.9 Å². The molecule has 2 fully saturated rings. The number of hydrogen-bond acceptors (Lipinski definition) is 10. The van der Waals surface area contributed by atoms with Crippen LogP contribution in [0.1, 0.15) is 32.6 Å². The number of aromatic nitrogens is 3. The minimum absolute atomic E-state index is 0.0139. The Morgan fingerprint density at radius 2 is 1.65 bits per heavy atom. The van der Waals surface area contributed by atoms with Gasteiger partial charge in [-0.1, -0.05) is 18.2 Å². The molecule has 212 valence electrons. The number of pyridine rings is 1. The van der Waals surface area contributed by atoms with Gasteiger partial charge < -0.3 is 34.4 Å². The van der Waals surface area contributed by atoms with Crippen molar-refractivity contribution in [2.75, 3.05) is 54.5 Å². The lowest BCUT2D eigenvalue weighted by Gasteiger charge is -2.34. The predicted molar refractivity (Wildman–Crippen MR) is 152 cm³/mol. The van der Waals surface area contributed by atoms with Crippen molar-refractivity contribution in [3.63, 3.8) is 0 Å². The van der Waals surface area contributed by atoms with Gasteiger partial charge in [-0.2, -0.15) is 0 Å². The topological polar surface area (TPSA) is 122 Å². The summed E-state index contributed by atoms with van der Waals surface area (Å²) >= 11 is 0. The van der Waals surface area contributed by atoms with E-state index in [0.717, 1.165) is 61.9 Å². The Labute approximate surface area is 234 Å². The van der Waals surface area contributed by atoms with Gasteiger partial charge in [0, 0.05) is 19.6 Å². The van der Waals surface area contributed by atoms with Gasteiger partial charge in [0.2, 0.25) is 0 Å². The average molecular weight is 549 g/mol. The molecule has 2 aliphatic rings. The van der Waals surface area contributed by atoms with E-state index in [4.69, 9.17) is 29.3 Å². The van der Waals surface area contributed by atoms with E-state index in [1.807, 2.05) is 49.4 Å². The van der Waals surface area contributed by atoms with Crippen LogP contribution in [0.25, 0.3) is 0 Å². The van der Waals surface area contributed by atoms with E-state index >= 15 is 0 Å². The first-order valence-corrected chi connectivity index (χ1v) is 13.9. The molecule has 3 aromatic rings. The number of nitrogens with one attached hydrogen (secondary N) is 1. The second-order valence-electron chi connectivity index (χ2n) is 9.89. The number of ether oxygens (including phenoxy) is 3. The summed E-state index contributed by atoms with van der Waals surface area (Å²) in [7, 11) is 0. The van der Waals surface area contributed by atoms with Gasteiger partial charge in [-0.25, -0.2) is 14.8 Å². The number of nitrogens with zero attached hydrogens (tertiary/aromatic N) is 5. The number of benzene rings is 1. The van der Waals surface area contributed by atoms with Crippen LogP contribution in [-0.4, -0.2) is 77.6 Å². The van der Waals surface area contributed by atoms with Gasteiger partial charge in [-0.15, -0.1) is 0 Å². The van der Waals surface area contributed by atoms with Crippen molar-refractivity contribution in [1.82, 2.24) is 15.0 Å². The molecule has 2 aromatic heterocycles. The summed E-state index contributed by atoms with van der Waals surface area (Å²) in [6.07, 6.45) is 7.03. The molecule has 2 N–H and O–H groups in total. The van der Waals surface area contributed by atoms with Gasteiger partial charge >= 0.3 is 5.97 Å². The Bertz CT molecular complexity index is 1280. The SMILES string of the molecule is CCOc1ccccc1O[C@@H]1CCCN(c2cncc(Nc3cccc(N4CCC[C@H](OCC(=O)O)C4)n3)n2)C1. The highest BCUT2D eigenvalue weighted by atomic mass is 16.5. The summed E-state index contributed by atoms with van der Waals surface area (Å²) < 4.78 is 17.6. The van der Waals surface area contributed by atoms with Crippen LogP contribution in [0.3, 0.4) is 0 Å². The number of carboxylic acids is 1. The molecule has 0 saturated carbocycles. The van der Waals surface area contributed by atoms with Crippen molar-refractivity contribution >= 4 is 29.2 Å². The first-order chi connectivity index (χ1) is 19.6. The third-order valence-electron chi connectivity index (χ3n) is 6.90. The van der Waals surface area contributed by atoms with Crippen molar-refractivity contribution in [1.29, 1.82) is 0 Å². The first-order valence-electron chi connectivity index (χ1n) is 13.9. The van der Waals surface area contributed by atoms with Crippen LogP contribution in [0.5, 0.6) is 11.5 Å². The third kappa shape index (κ3) is 7.29. The summed E-state index contributed by atoms with van der Waals surface area (Å²) in [5.41, 5.74) is 0. The zero-order valence-electron chi connectivity index (χ0n) is 22.7. The molecule has 0 amide bonds. The van der Waals surface area contributed by atoms with Crippen molar-refractivity contribution in [3.8, 4) is 11.5 Å². The molecule has 0 bridgehead atoms. The fraction of sp³-hybridized carbons (Fsp3) is 0.448. The lowest BCUT2D eigenvalue weighted by atomic mass is 10.1. The summed E-state index contributed by atoms with van der Waals surface area (Å²) in [6.45, 7) is 5.29. The highest BCUT2D eigenvalue weighted by Gasteiger charge is 2.25. The van der Waals surface area contributed by atoms with Crippen LogP contribution in [-0.2, 0) is 9.53 Å². The number of carboxylic acid groups (broad SMARTS) is 1. The van der Waals surface area contributed by atoms with Gasteiger partial charge in [0.25, 0.3) is 0 Å². The minimum Gasteiger partial charge on any atom is -0.490 e.